The normalized spacial score (nSPS) is 18.5. The zero-order valence-corrected chi connectivity index (χ0v) is 13.1. The molecule has 3 rings (SSSR count). The molecule has 0 saturated heterocycles. The first-order chi connectivity index (χ1) is 11.0. The molecular formula is C19H17FN2O. The van der Waals surface area contributed by atoms with Gasteiger partial charge in [0.05, 0.1) is 6.20 Å². The van der Waals surface area contributed by atoms with Crippen molar-refractivity contribution < 1.29 is 9.18 Å². The van der Waals surface area contributed by atoms with Crippen molar-refractivity contribution in [1.82, 2.24) is 9.97 Å². The van der Waals surface area contributed by atoms with Gasteiger partial charge in [-0.15, -0.1) is 0 Å². The van der Waals surface area contributed by atoms with Crippen LogP contribution in [0.3, 0.4) is 0 Å². The number of carbonyl (C=O) groups excluding carboxylic acids is 1. The summed E-state index contributed by atoms with van der Waals surface area (Å²) in [5, 5.41) is 0. The van der Waals surface area contributed by atoms with Gasteiger partial charge in [-0.1, -0.05) is 25.8 Å². The Morgan fingerprint density at radius 2 is 2.13 bits per heavy atom. The third-order valence-electron chi connectivity index (χ3n) is 4.37. The number of rotatable bonds is 1. The molecule has 0 spiro atoms. The maximum absolute atomic E-state index is 13.1. The Labute approximate surface area is 135 Å². The van der Waals surface area contributed by atoms with E-state index in [1.807, 2.05) is 12.1 Å². The minimum absolute atomic E-state index is 0.0448. The second-order valence-corrected chi connectivity index (χ2v) is 6.48. The van der Waals surface area contributed by atoms with Crippen molar-refractivity contribution in [3.05, 3.63) is 58.9 Å². The molecule has 0 N–H and O–H groups in total. The van der Waals surface area contributed by atoms with E-state index in [-0.39, 0.29) is 11.3 Å². The average Bonchev–Trinajstić information content (AvgIpc) is 2.52. The number of halogens is 1. The molecule has 23 heavy (non-hydrogen) atoms. The third-order valence-corrected chi connectivity index (χ3v) is 4.37. The first kappa shape index (κ1) is 15.4. The lowest BCUT2D eigenvalue weighted by Crippen LogP contribution is -2.30. The number of pyridine rings is 2. The average molecular weight is 308 g/mol. The van der Waals surface area contributed by atoms with Gasteiger partial charge in [-0.05, 0) is 41.9 Å². The summed E-state index contributed by atoms with van der Waals surface area (Å²) in [5.74, 6) is 5.26. The van der Waals surface area contributed by atoms with Crippen molar-refractivity contribution in [3.63, 3.8) is 0 Å². The molecular weight excluding hydrogens is 291 g/mol. The van der Waals surface area contributed by atoms with Crippen LogP contribution in [0.2, 0.25) is 0 Å². The molecule has 1 atom stereocenters. The van der Waals surface area contributed by atoms with Gasteiger partial charge in [0.1, 0.15) is 17.8 Å². The second kappa shape index (κ2) is 5.92. The predicted molar refractivity (Wildman–Crippen MR) is 85.3 cm³/mol. The number of carbonyl (C=O) groups is 1. The van der Waals surface area contributed by atoms with E-state index in [1.165, 1.54) is 12.3 Å². The topological polar surface area (TPSA) is 42.9 Å². The van der Waals surface area contributed by atoms with E-state index in [0.717, 1.165) is 36.6 Å². The van der Waals surface area contributed by atoms with Crippen molar-refractivity contribution in [1.29, 1.82) is 0 Å². The fraction of sp³-hybridized carbons (Fsp3) is 0.316. The van der Waals surface area contributed by atoms with Crippen LogP contribution in [0.1, 0.15) is 48.7 Å². The lowest BCUT2D eigenvalue weighted by atomic mass is 9.68. The highest BCUT2D eigenvalue weighted by atomic mass is 19.1. The standard InChI is InChI=1S/C19H17FN2O/c1-19(2)8-7-18-16(17(19)12-23)6-5-15(22-18)4-3-13-9-14(20)11-21-10-13/h5-6,9-12,17H,7-8H2,1-2H3. The minimum atomic E-state index is -0.411. The predicted octanol–water partition coefficient (Wildman–Crippen LogP) is 3.27. The van der Waals surface area contributed by atoms with E-state index >= 15 is 0 Å². The Bertz CT molecular complexity index is 818. The molecule has 0 aliphatic heterocycles. The zero-order valence-electron chi connectivity index (χ0n) is 13.1. The molecule has 0 bridgehead atoms. The van der Waals surface area contributed by atoms with Gasteiger partial charge in [0.15, 0.2) is 0 Å². The number of nitrogens with zero attached hydrogens (tertiary/aromatic N) is 2. The minimum Gasteiger partial charge on any atom is -0.303 e. The molecule has 0 aromatic carbocycles. The zero-order chi connectivity index (χ0) is 16.4. The van der Waals surface area contributed by atoms with Crippen LogP contribution in [-0.2, 0) is 11.2 Å². The van der Waals surface area contributed by atoms with E-state index in [4.69, 9.17) is 0 Å². The first-order valence-corrected chi connectivity index (χ1v) is 7.57. The maximum Gasteiger partial charge on any atom is 0.142 e. The van der Waals surface area contributed by atoms with Gasteiger partial charge in [0.2, 0.25) is 0 Å². The van der Waals surface area contributed by atoms with Crippen LogP contribution >= 0.6 is 0 Å². The lowest BCUT2D eigenvalue weighted by Gasteiger charge is -2.36. The fourth-order valence-electron chi connectivity index (χ4n) is 2.96. The highest BCUT2D eigenvalue weighted by Gasteiger charge is 2.36. The van der Waals surface area contributed by atoms with Gasteiger partial charge in [-0.25, -0.2) is 9.37 Å². The van der Waals surface area contributed by atoms with E-state index in [0.29, 0.717) is 11.3 Å². The molecule has 0 radical (unpaired) electrons. The molecule has 116 valence electrons. The lowest BCUT2D eigenvalue weighted by molar-refractivity contribution is -0.111. The van der Waals surface area contributed by atoms with E-state index in [9.17, 15) is 9.18 Å². The number of hydrogen-bond donors (Lipinski definition) is 0. The Morgan fingerprint density at radius 3 is 2.87 bits per heavy atom. The maximum atomic E-state index is 13.1. The van der Waals surface area contributed by atoms with Crippen molar-refractivity contribution in [3.8, 4) is 11.8 Å². The van der Waals surface area contributed by atoms with Crippen molar-refractivity contribution >= 4 is 6.29 Å². The third kappa shape index (κ3) is 3.14. The number of aromatic nitrogens is 2. The van der Waals surface area contributed by atoms with Crippen LogP contribution in [0.4, 0.5) is 4.39 Å². The van der Waals surface area contributed by atoms with Crippen LogP contribution < -0.4 is 0 Å². The molecule has 3 nitrogen and oxygen atoms in total. The van der Waals surface area contributed by atoms with Crippen molar-refractivity contribution in [2.75, 3.05) is 0 Å². The highest BCUT2D eigenvalue weighted by molar-refractivity contribution is 5.65. The van der Waals surface area contributed by atoms with Crippen molar-refractivity contribution in [2.24, 2.45) is 5.41 Å². The Hall–Kier alpha value is -2.54. The largest absolute Gasteiger partial charge is 0.303 e. The summed E-state index contributed by atoms with van der Waals surface area (Å²) in [4.78, 5) is 19.8. The fourth-order valence-corrected chi connectivity index (χ4v) is 2.96. The molecule has 0 amide bonds. The quantitative estimate of drug-likeness (QED) is 0.600. The Kier molecular flexibility index (Phi) is 3.96. The summed E-state index contributed by atoms with van der Waals surface area (Å²) in [6, 6.07) is 5.09. The van der Waals surface area contributed by atoms with Crippen LogP contribution in [0.15, 0.2) is 30.6 Å². The molecule has 2 heterocycles. The summed E-state index contributed by atoms with van der Waals surface area (Å²) in [7, 11) is 0. The van der Waals surface area contributed by atoms with Gasteiger partial charge in [-0.2, -0.15) is 0 Å². The molecule has 2 aromatic heterocycles. The molecule has 0 fully saturated rings. The summed E-state index contributed by atoms with van der Waals surface area (Å²) in [5.41, 5.74) is 3.02. The van der Waals surface area contributed by atoms with Crippen molar-refractivity contribution in [2.45, 2.75) is 32.6 Å². The molecule has 0 saturated carbocycles. The summed E-state index contributed by atoms with van der Waals surface area (Å²) < 4.78 is 13.1. The summed E-state index contributed by atoms with van der Waals surface area (Å²) in [6.45, 7) is 4.22. The smallest absolute Gasteiger partial charge is 0.142 e. The molecule has 2 aromatic rings. The van der Waals surface area contributed by atoms with Gasteiger partial charge in [0, 0.05) is 23.4 Å². The number of hydrogen-bond acceptors (Lipinski definition) is 3. The van der Waals surface area contributed by atoms with Gasteiger partial charge in [-0.3, -0.25) is 4.98 Å². The van der Waals surface area contributed by atoms with E-state index < -0.39 is 5.82 Å². The van der Waals surface area contributed by atoms with Gasteiger partial charge >= 0.3 is 0 Å². The molecule has 1 aliphatic carbocycles. The number of aryl methyl sites for hydroxylation is 1. The molecule has 1 unspecified atom stereocenters. The summed E-state index contributed by atoms with van der Waals surface area (Å²) in [6.07, 6.45) is 5.43. The molecule has 1 aliphatic rings. The SMILES string of the molecule is CC1(C)CCc2nc(C#Cc3cncc(F)c3)ccc2C1C=O. The molecule has 4 heteroatoms. The number of fused-ring (bicyclic) bond motifs is 1. The highest BCUT2D eigenvalue weighted by Crippen LogP contribution is 2.43. The Morgan fingerprint density at radius 1 is 1.30 bits per heavy atom. The van der Waals surface area contributed by atoms with Gasteiger partial charge < -0.3 is 4.79 Å². The second-order valence-electron chi connectivity index (χ2n) is 6.48. The van der Waals surface area contributed by atoms with Crippen LogP contribution in [-0.4, -0.2) is 16.3 Å². The van der Waals surface area contributed by atoms with E-state index in [1.54, 1.807) is 0 Å². The first-order valence-electron chi connectivity index (χ1n) is 7.57. The van der Waals surface area contributed by atoms with E-state index in [2.05, 4.69) is 35.7 Å². The number of aldehydes is 1. The monoisotopic (exact) mass is 308 g/mol. The van der Waals surface area contributed by atoms with Crippen LogP contribution in [0.25, 0.3) is 0 Å². The van der Waals surface area contributed by atoms with Crippen LogP contribution in [0.5, 0.6) is 0 Å². The van der Waals surface area contributed by atoms with Crippen LogP contribution in [0, 0.1) is 23.1 Å². The summed E-state index contributed by atoms with van der Waals surface area (Å²) >= 11 is 0. The van der Waals surface area contributed by atoms with Gasteiger partial charge in [0.25, 0.3) is 0 Å². The Balaban J connectivity index is 1.92.